The summed E-state index contributed by atoms with van der Waals surface area (Å²) in [7, 11) is 1.50. The monoisotopic (exact) mass is 400 g/mol. The average Bonchev–Trinajstić information content (AvgIpc) is 2.78. The number of fused-ring (bicyclic) bond motifs is 1. The van der Waals surface area contributed by atoms with Crippen molar-refractivity contribution in [2.24, 2.45) is 0 Å². The second-order valence-corrected chi connectivity index (χ2v) is 6.90. The van der Waals surface area contributed by atoms with Gasteiger partial charge in [-0.05, 0) is 58.2 Å². The summed E-state index contributed by atoms with van der Waals surface area (Å²) in [6.07, 6.45) is 2.17. The van der Waals surface area contributed by atoms with Gasteiger partial charge in [0.05, 0.1) is 12.2 Å². The van der Waals surface area contributed by atoms with Crippen LogP contribution < -0.4 is 4.74 Å². The van der Waals surface area contributed by atoms with Crippen LogP contribution in [0, 0.1) is 0 Å². The van der Waals surface area contributed by atoms with Crippen LogP contribution in [0.15, 0.2) is 79.4 Å². The second kappa shape index (κ2) is 9.33. The van der Waals surface area contributed by atoms with Crippen molar-refractivity contribution in [1.82, 2.24) is 0 Å². The SMILES string of the molecule is C=CC(=O)c1ccc2c(CC)c(-c3ccc(OC(=O)C(=C)COC)cc3)ccc2c1. The number of aryl methyl sites for hydroxylation is 1. The fourth-order valence-corrected chi connectivity index (χ4v) is 3.43. The third-order valence-electron chi connectivity index (χ3n) is 4.94. The molecule has 3 aromatic carbocycles. The molecule has 3 rings (SSSR count). The number of esters is 1. The van der Waals surface area contributed by atoms with E-state index in [0.29, 0.717) is 11.3 Å². The Hall–Kier alpha value is -3.50. The zero-order chi connectivity index (χ0) is 21.7. The first-order chi connectivity index (χ1) is 14.5. The van der Waals surface area contributed by atoms with Crippen LogP contribution in [0.5, 0.6) is 5.75 Å². The van der Waals surface area contributed by atoms with E-state index >= 15 is 0 Å². The van der Waals surface area contributed by atoms with Gasteiger partial charge in [-0.15, -0.1) is 0 Å². The summed E-state index contributed by atoms with van der Waals surface area (Å²) in [5.74, 6) is -0.140. The van der Waals surface area contributed by atoms with Gasteiger partial charge in [-0.25, -0.2) is 4.79 Å². The van der Waals surface area contributed by atoms with E-state index in [2.05, 4.69) is 26.1 Å². The van der Waals surface area contributed by atoms with E-state index in [1.54, 1.807) is 12.1 Å². The molecule has 0 aliphatic rings. The van der Waals surface area contributed by atoms with Crippen molar-refractivity contribution in [1.29, 1.82) is 0 Å². The average molecular weight is 400 g/mol. The lowest BCUT2D eigenvalue weighted by molar-refractivity contribution is -0.130. The zero-order valence-corrected chi connectivity index (χ0v) is 17.2. The number of carbonyl (C=O) groups excluding carboxylic acids is 2. The van der Waals surface area contributed by atoms with Gasteiger partial charge < -0.3 is 9.47 Å². The van der Waals surface area contributed by atoms with Crippen molar-refractivity contribution >= 4 is 22.5 Å². The van der Waals surface area contributed by atoms with Crippen LogP contribution in [0.3, 0.4) is 0 Å². The topological polar surface area (TPSA) is 52.6 Å². The highest BCUT2D eigenvalue weighted by Crippen LogP contribution is 2.32. The van der Waals surface area contributed by atoms with E-state index in [1.807, 2.05) is 36.4 Å². The number of methoxy groups -OCH3 is 1. The van der Waals surface area contributed by atoms with Crippen LogP contribution in [0.4, 0.5) is 0 Å². The molecule has 4 heteroatoms. The standard InChI is InChI=1S/C26H24O4/c1-5-22-23(13-9-19-15-20(25(27)6-2)10-14-24(19)22)18-7-11-21(12-8-18)30-26(28)17(3)16-29-4/h6-15H,2-3,5,16H2,1,4H3. The minimum Gasteiger partial charge on any atom is -0.423 e. The van der Waals surface area contributed by atoms with Gasteiger partial charge in [0.25, 0.3) is 0 Å². The summed E-state index contributed by atoms with van der Waals surface area (Å²) < 4.78 is 10.2. The van der Waals surface area contributed by atoms with Crippen LogP contribution in [-0.2, 0) is 16.0 Å². The molecular weight excluding hydrogens is 376 g/mol. The Labute approximate surface area is 176 Å². The highest BCUT2D eigenvalue weighted by molar-refractivity contribution is 6.07. The molecule has 0 amide bonds. The summed E-state index contributed by atoms with van der Waals surface area (Å²) >= 11 is 0. The molecule has 3 aromatic rings. The summed E-state index contributed by atoms with van der Waals surface area (Å²) in [5, 5.41) is 2.13. The van der Waals surface area contributed by atoms with Crippen molar-refractivity contribution in [3.05, 3.63) is 90.5 Å². The van der Waals surface area contributed by atoms with Gasteiger partial charge in [0.15, 0.2) is 5.78 Å². The fourth-order valence-electron chi connectivity index (χ4n) is 3.43. The molecule has 0 aromatic heterocycles. The highest BCUT2D eigenvalue weighted by atomic mass is 16.5. The Morgan fingerprint density at radius 1 is 1.03 bits per heavy atom. The molecule has 0 spiro atoms. The Morgan fingerprint density at radius 2 is 1.77 bits per heavy atom. The van der Waals surface area contributed by atoms with Gasteiger partial charge in [-0.2, -0.15) is 0 Å². The first-order valence-electron chi connectivity index (χ1n) is 9.70. The largest absolute Gasteiger partial charge is 0.423 e. The van der Waals surface area contributed by atoms with Crippen molar-refractivity contribution in [2.75, 3.05) is 13.7 Å². The van der Waals surface area contributed by atoms with Crippen LogP contribution in [0.2, 0.25) is 0 Å². The van der Waals surface area contributed by atoms with Crippen LogP contribution in [0.1, 0.15) is 22.8 Å². The fraction of sp³-hybridized carbons (Fsp3) is 0.154. The summed E-state index contributed by atoms with van der Waals surface area (Å²) in [4.78, 5) is 23.9. The predicted octanol–water partition coefficient (Wildman–Crippen LogP) is 5.55. The third-order valence-corrected chi connectivity index (χ3v) is 4.94. The maximum atomic E-state index is 12.0. The number of hydrogen-bond acceptors (Lipinski definition) is 4. The smallest absolute Gasteiger partial charge is 0.341 e. The lowest BCUT2D eigenvalue weighted by Crippen LogP contribution is -2.13. The molecule has 0 aliphatic carbocycles. The van der Waals surface area contributed by atoms with E-state index in [9.17, 15) is 9.59 Å². The number of ketones is 1. The Morgan fingerprint density at radius 3 is 2.40 bits per heavy atom. The molecule has 4 nitrogen and oxygen atoms in total. The van der Waals surface area contributed by atoms with Crippen LogP contribution in [-0.4, -0.2) is 25.5 Å². The summed E-state index contributed by atoms with van der Waals surface area (Å²) in [5.41, 5.74) is 4.22. The maximum Gasteiger partial charge on any atom is 0.341 e. The van der Waals surface area contributed by atoms with Gasteiger partial charge in [-0.3, -0.25) is 4.79 Å². The number of carbonyl (C=O) groups is 2. The lowest BCUT2D eigenvalue weighted by atomic mass is 9.91. The van der Waals surface area contributed by atoms with Crippen LogP contribution in [0.25, 0.3) is 21.9 Å². The number of allylic oxidation sites excluding steroid dienone is 1. The number of hydrogen-bond donors (Lipinski definition) is 0. The highest BCUT2D eigenvalue weighted by Gasteiger charge is 2.12. The molecule has 0 atom stereocenters. The predicted molar refractivity (Wildman–Crippen MR) is 120 cm³/mol. The number of ether oxygens (including phenoxy) is 2. The summed E-state index contributed by atoms with van der Waals surface area (Å²) in [6, 6.07) is 17.2. The zero-order valence-electron chi connectivity index (χ0n) is 17.2. The molecule has 0 bridgehead atoms. The van der Waals surface area contributed by atoms with E-state index in [0.717, 1.165) is 28.3 Å². The lowest BCUT2D eigenvalue weighted by Gasteiger charge is -2.13. The second-order valence-electron chi connectivity index (χ2n) is 6.90. The Bertz CT molecular complexity index is 1120. The number of benzene rings is 3. The molecule has 0 aliphatic heterocycles. The molecule has 0 heterocycles. The van der Waals surface area contributed by atoms with E-state index in [1.165, 1.54) is 18.7 Å². The first kappa shape index (κ1) is 21.2. The van der Waals surface area contributed by atoms with Gasteiger partial charge in [0.2, 0.25) is 0 Å². The molecule has 0 saturated carbocycles. The minimum atomic E-state index is -0.505. The van der Waals surface area contributed by atoms with Gasteiger partial charge in [0, 0.05) is 12.7 Å². The molecule has 0 N–H and O–H groups in total. The van der Waals surface area contributed by atoms with Crippen LogP contribution >= 0.6 is 0 Å². The quantitative estimate of drug-likeness (QED) is 0.215. The van der Waals surface area contributed by atoms with Crippen molar-refractivity contribution in [3.63, 3.8) is 0 Å². The van der Waals surface area contributed by atoms with Crippen molar-refractivity contribution < 1.29 is 19.1 Å². The van der Waals surface area contributed by atoms with Gasteiger partial charge >= 0.3 is 5.97 Å². The normalized spacial score (nSPS) is 10.6. The minimum absolute atomic E-state index is 0.0858. The van der Waals surface area contributed by atoms with Crippen molar-refractivity contribution in [3.8, 4) is 16.9 Å². The van der Waals surface area contributed by atoms with E-state index in [-0.39, 0.29) is 18.0 Å². The third kappa shape index (κ3) is 4.39. The Balaban J connectivity index is 1.92. The van der Waals surface area contributed by atoms with Gasteiger partial charge in [-0.1, -0.05) is 56.5 Å². The molecule has 152 valence electrons. The van der Waals surface area contributed by atoms with E-state index in [4.69, 9.17) is 9.47 Å². The molecular formula is C26H24O4. The maximum absolute atomic E-state index is 12.0. The molecule has 0 radical (unpaired) electrons. The molecule has 30 heavy (non-hydrogen) atoms. The van der Waals surface area contributed by atoms with Gasteiger partial charge in [0.1, 0.15) is 5.75 Å². The van der Waals surface area contributed by atoms with E-state index < -0.39 is 5.97 Å². The molecule has 0 saturated heterocycles. The van der Waals surface area contributed by atoms with Crippen molar-refractivity contribution in [2.45, 2.75) is 13.3 Å². The first-order valence-corrected chi connectivity index (χ1v) is 9.70. The summed E-state index contributed by atoms with van der Waals surface area (Å²) in [6.45, 7) is 9.45. The molecule has 0 fully saturated rings. The Kier molecular flexibility index (Phi) is 6.60. The molecule has 0 unspecified atom stereocenters. The number of rotatable bonds is 8.